The van der Waals surface area contributed by atoms with E-state index < -0.39 is 17.8 Å². The highest BCUT2D eigenvalue weighted by Crippen LogP contribution is 2.47. The van der Waals surface area contributed by atoms with Gasteiger partial charge in [-0.1, -0.05) is 13.8 Å². The molecule has 12 heteroatoms. The summed E-state index contributed by atoms with van der Waals surface area (Å²) in [5.74, 6) is -0.643. The quantitative estimate of drug-likeness (QED) is 0.507. The van der Waals surface area contributed by atoms with Gasteiger partial charge in [-0.2, -0.15) is 20.6 Å². The molecule has 0 saturated carbocycles. The van der Waals surface area contributed by atoms with Gasteiger partial charge in [-0.15, -0.1) is 4.80 Å². The van der Waals surface area contributed by atoms with E-state index in [1.165, 1.54) is 46.4 Å². The third kappa shape index (κ3) is 3.38. The van der Waals surface area contributed by atoms with Gasteiger partial charge in [0.15, 0.2) is 11.5 Å². The van der Waals surface area contributed by atoms with E-state index in [9.17, 15) is 18.8 Å². The minimum Gasteiger partial charge on any atom is -0.324 e. The summed E-state index contributed by atoms with van der Waals surface area (Å²) in [6.07, 6.45) is 4.81. The molecule has 0 saturated heterocycles. The maximum Gasteiger partial charge on any atom is 0.281 e. The van der Waals surface area contributed by atoms with Crippen LogP contribution >= 0.6 is 0 Å². The summed E-state index contributed by atoms with van der Waals surface area (Å²) >= 11 is 0. The van der Waals surface area contributed by atoms with E-state index >= 15 is 0 Å². The molecular weight excluding hydrogens is 432 g/mol. The number of rotatable bonds is 4. The number of nitrogens with one attached hydrogen (secondary N) is 1. The van der Waals surface area contributed by atoms with Crippen LogP contribution in [0.2, 0.25) is 0 Å². The molecule has 0 fully saturated rings. The van der Waals surface area contributed by atoms with Gasteiger partial charge in [-0.25, -0.2) is 23.3 Å². The normalized spacial score (nSPS) is 16.7. The van der Waals surface area contributed by atoms with Gasteiger partial charge < -0.3 is 5.32 Å². The Morgan fingerprint density at radius 2 is 2.03 bits per heavy atom. The largest absolute Gasteiger partial charge is 0.324 e. The van der Waals surface area contributed by atoms with Gasteiger partial charge in [0.05, 0.1) is 42.6 Å². The maximum atomic E-state index is 13.2. The number of pyridine rings is 1. The van der Waals surface area contributed by atoms with E-state index in [1.54, 1.807) is 0 Å². The first-order valence-corrected chi connectivity index (χ1v) is 10.0. The minimum atomic E-state index is -2.72. The number of nitrogens with zero attached hydrogens (tertiary/aromatic N) is 8. The van der Waals surface area contributed by atoms with E-state index in [1.807, 2.05) is 19.9 Å². The van der Waals surface area contributed by atoms with Gasteiger partial charge in [-0.3, -0.25) is 4.79 Å². The fraction of sp³-hybridized carbons (Fsp3) is 0.286. The number of aromatic nitrogens is 7. The summed E-state index contributed by atoms with van der Waals surface area (Å²) in [7, 11) is 0. The third-order valence-corrected chi connectivity index (χ3v) is 5.71. The zero-order chi connectivity index (χ0) is 23.3. The molecule has 4 aromatic rings. The first-order chi connectivity index (χ1) is 15.8. The molecule has 10 nitrogen and oxygen atoms in total. The summed E-state index contributed by atoms with van der Waals surface area (Å²) in [6, 6.07) is 3.53. The van der Waals surface area contributed by atoms with Gasteiger partial charge in [0, 0.05) is 5.56 Å². The van der Waals surface area contributed by atoms with Crippen molar-refractivity contribution < 1.29 is 13.6 Å². The molecule has 1 aliphatic carbocycles. The summed E-state index contributed by atoms with van der Waals surface area (Å²) in [5.41, 5.74) is 1.37. The second-order valence-corrected chi connectivity index (χ2v) is 8.36. The van der Waals surface area contributed by atoms with Crippen molar-refractivity contribution in [3.05, 3.63) is 59.4 Å². The van der Waals surface area contributed by atoms with E-state index in [0.29, 0.717) is 23.3 Å². The molecule has 1 atom stereocenters. The number of alkyl halides is 2. The molecule has 0 bridgehead atoms. The fourth-order valence-corrected chi connectivity index (χ4v) is 4.31. The molecule has 0 aromatic carbocycles. The maximum absolute atomic E-state index is 13.2. The molecule has 1 N–H and O–H groups in total. The van der Waals surface area contributed by atoms with Crippen molar-refractivity contribution in [3.63, 3.8) is 0 Å². The second-order valence-electron chi connectivity index (χ2n) is 8.36. The van der Waals surface area contributed by atoms with Crippen LogP contribution in [0.15, 0.2) is 37.1 Å². The number of anilines is 1. The second kappa shape index (κ2) is 7.40. The van der Waals surface area contributed by atoms with Gasteiger partial charge in [0.1, 0.15) is 17.3 Å². The first-order valence-electron chi connectivity index (χ1n) is 10.0. The Labute approximate surface area is 185 Å². The zero-order valence-corrected chi connectivity index (χ0v) is 17.6. The molecule has 4 heterocycles. The lowest BCUT2D eigenvalue weighted by molar-refractivity contribution is -0.117. The Morgan fingerprint density at radius 1 is 1.27 bits per heavy atom. The SMILES string of the molecule is CC1(C)CC(C(=O)Nc2cnc(-n3nccn3)c(C#N)c2)c2cnn3cc(C(F)F)nc3c21. The van der Waals surface area contributed by atoms with E-state index in [4.69, 9.17) is 0 Å². The van der Waals surface area contributed by atoms with Crippen molar-refractivity contribution in [2.45, 2.75) is 38.0 Å². The molecule has 33 heavy (non-hydrogen) atoms. The molecule has 0 aliphatic heterocycles. The van der Waals surface area contributed by atoms with Crippen molar-refractivity contribution in [1.29, 1.82) is 5.26 Å². The zero-order valence-electron chi connectivity index (χ0n) is 17.6. The highest BCUT2D eigenvalue weighted by Gasteiger charge is 2.43. The molecule has 1 unspecified atom stereocenters. The predicted molar refractivity (Wildman–Crippen MR) is 111 cm³/mol. The number of carbonyl (C=O) groups is 1. The van der Waals surface area contributed by atoms with E-state index in [-0.39, 0.29) is 23.0 Å². The lowest BCUT2D eigenvalue weighted by Crippen LogP contribution is -2.21. The third-order valence-electron chi connectivity index (χ3n) is 5.71. The Morgan fingerprint density at radius 3 is 2.73 bits per heavy atom. The lowest BCUT2D eigenvalue weighted by Gasteiger charge is -2.19. The average molecular weight is 449 g/mol. The Kier molecular flexibility index (Phi) is 4.63. The van der Waals surface area contributed by atoms with Crippen molar-refractivity contribution in [2.75, 3.05) is 5.32 Å². The van der Waals surface area contributed by atoms with E-state index in [0.717, 1.165) is 5.56 Å². The van der Waals surface area contributed by atoms with Crippen molar-refractivity contribution in [3.8, 4) is 11.9 Å². The molecule has 166 valence electrons. The summed E-state index contributed by atoms with van der Waals surface area (Å²) in [6.45, 7) is 3.88. The molecular formula is C21H17F2N9O. The Bertz CT molecular complexity index is 1420. The minimum absolute atomic E-state index is 0.191. The number of carbonyl (C=O) groups excluding carboxylic acids is 1. The predicted octanol–water partition coefficient (Wildman–Crippen LogP) is 2.92. The van der Waals surface area contributed by atoms with Crippen LogP contribution < -0.4 is 5.32 Å². The first kappa shape index (κ1) is 20.6. The fourth-order valence-electron chi connectivity index (χ4n) is 4.31. The number of amides is 1. The number of nitriles is 1. The molecule has 0 spiro atoms. The monoisotopic (exact) mass is 449 g/mol. The van der Waals surface area contributed by atoms with Gasteiger partial charge >= 0.3 is 0 Å². The van der Waals surface area contributed by atoms with Crippen molar-refractivity contribution >= 4 is 17.2 Å². The molecule has 1 amide bonds. The van der Waals surface area contributed by atoms with Gasteiger partial charge in [0.2, 0.25) is 5.91 Å². The summed E-state index contributed by atoms with van der Waals surface area (Å²) in [4.78, 5) is 22.7. The molecule has 1 aliphatic rings. The van der Waals surface area contributed by atoms with Crippen molar-refractivity contribution in [1.82, 2.24) is 34.6 Å². The Balaban J connectivity index is 1.47. The number of imidazole rings is 1. The van der Waals surface area contributed by atoms with Crippen LogP contribution in [0.1, 0.15) is 55.0 Å². The van der Waals surface area contributed by atoms with Crippen LogP contribution in [0.5, 0.6) is 0 Å². The van der Waals surface area contributed by atoms with Crippen LogP contribution in [-0.4, -0.2) is 40.5 Å². The lowest BCUT2D eigenvalue weighted by atomic mass is 9.86. The van der Waals surface area contributed by atoms with Crippen LogP contribution in [0.25, 0.3) is 11.5 Å². The average Bonchev–Trinajstić information content (AvgIpc) is 3.51. The van der Waals surface area contributed by atoms with Crippen LogP contribution in [0.3, 0.4) is 0 Å². The number of halogens is 2. The molecule has 0 radical (unpaired) electrons. The van der Waals surface area contributed by atoms with E-state index in [2.05, 4.69) is 30.6 Å². The van der Waals surface area contributed by atoms with Crippen LogP contribution in [0, 0.1) is 11.3 Å². The summed E-state index contributed by atoms with van der Waals surface area (Å²) < 4.78 is 27.7. The molecule has 4 aromatic heterocycles. The number of hydrogen-bond acceptors (Lipinski definition) is 7. The summed E-state index contributed by atoms with van der Waals surface area (Å²) in [5, 5.41) is 24.4. The van der Waals surface area contributed by atoms with Crippen LogP contribution in [-0.2, 0) is 10.2 Å². The highest BCUT2D eigenvalue weighted by atomic mass is 19.3. The Hall–Kier alpha value is -4.27. The molecule has 5 rings (SSSR count). The van der Waals surface area contributed by atoms with Crippen LogP contribution in [0.4, 0.5) is 14.5 Å². The van der Waals surface area contributed by atoms with Gasteiger partial charge in [-0.05, 0) is 23.5 Å². The van der Waals surface area contributed by atoms with Crippen molar-refractivity contribution in [2.24, 2.45) is 0 Å². The number of hydrogen-bond donors (Lipinski definition) is 1. The topological polar surface area (TPSA) is 127 Å². The number of fused-ring (bicyclic) bond motifs is 3. The van der Waals surface area contributed by atoms with Gasteiger partial charge in [0.25, 0.3) is 6.43 Å². The standard InChI is InChI=1S/C21H17F2N9O/c1-21(2)6-13(14-9-28-31-10-15(17(22)23)30-19(31)16(14)21)20(33)29-12-5-11(7-24)18(25-8-12)32-26-3-4-27-32/h3-5,8-10,13,17H,6H2,1-2H3,(H,29,33). The smallest absolute Gasteiger partial charge is 0.281 e. The highest BCUT2D eigenvalue weighted by molar-refractivity contribution is 5.97.